The van der Waals surface area contributed by atoms with Gasteiger partial charge in [-0.3, -0.25) is 9.48 Å². The molecule has 0 spiro atoms. The fourth-order valence-electron chi connectivity index (χ4n) is 1.84. The van der Waals surface area contributed by atoms with Crippen LogP contribution in [-0.2, 0) is 13.5 Å². The highest BCUT2D eigenvalue weighted by Crippen LogP contribution is 2.14. The second-order valence-electron chi connectivity index (χ2n) is 4.22. The maximum atomic E-state index is 13.9. The summed E-state index contributed by atoms with van der Waals surface area (Å²) in [4.78, 5) is 15.7. The minimum absolute atomic E-state index is 0.0191. The number of pyridine rings is 1. The summed E-state index contributed by atoms with van der Waals surface area (Å²) in [5.74, 6) is -1.04. The first-order valence-electron chi connectivity index (χ1n) is 6.21. The molecule has 2 rings (SSSR count). The van der Waals surface area contributed by atoms with E-state index in [1.54, 1.807) is 17.9 Å². The van der Waals surface area contributed by atoms with Crippen molar-refractivity contribution in [2.24, 2.45) is 7.05 Å². The first kappa shape index (κ1) is 14.0. The van der Waals surface area contributed by atoms with Gasteiger partial charge >= 0.3 is 0 Å². The van der Waals surface area contributed by atoms with Gasteiger partial charge in [0.25, 0.3) is 5.91 Å². The van der Waals surface area contributed by atoms with Crippen molar-refractivity contribution in [3.8, 4) is 0 Å². The van der Waals surface area contributed by atoms with Gasteiger partial charge in [0, 0.05) is 45.1 Å². The van der Waals surface area contributed by atoms with E-state index in [-0.39, 0.29) is 11.4 Å². The highest BCUT2D eigenvalue weighted by atomic mass is 19.1. The van der Waals surface area contributed by atoms with Crippen LogP contribution in [0.4, 0.5) is 10.2 Å². The summed E-state index contributed by atoms with van der Waals surface area (Å²) in [5, 5.41) is 9.32. The van der Waals surface area contributed by atoms with Crippen LogP contribution < -0.4 is 10.6 Å². The van der Waals surface area contributed by atoms with Gasteiger partial charge in [-0.1, -0.05) is 0 Å². The average Bonchev–Trinajstić information content (AvgIpc) is 2.84. The van der Waals surface area contributed by atoms with Crippen LogP contribution in [0.15, 0.2) is 24.5 Å². The van der Waals surface area contributed by atoms with E-state index < -0.39 is 11.7 Å². The molecule has 106 valence electrons. The van der Waals surface area contributed by atoms with Crippen molar-refractivity contribution in [2.75, 3.05) is 18.9 Å². The summed E-state index contributed by atoms with van der Waals surface area (Å²) in [6.07, 6.45) is 3.72. The summed E-state index contributed by atoms with van der Waals surface area (Å²) in [7, 11) is 3.38. The second-order valence-corrected chi connectivity index (χ2v) is 4.22. The van der Waals surface area contributed by atoms with Crippen molar-refractivity contribution in [2.45, 2.75) is 6.42 Å². The van der Waals surface area contributed by atoms with Crippen molar-refractivity contribution >= 4 is 11.7 Å². The Morgan fingerprint density at radius 3 is 2.85 bits per heavy atom. The Hall–Kier alpha value is -2.44. The van der Waals surface area contributed by atoms with Crippen molar-refractivity contribution < 1.29 is 9.18 Å². The Kier molecular flexibility index (Phi) is 4.29. The highest BCUT2D eigenvalue weighted by Gasteiger charge is 2.15. The monoisotopic (exact) mass is 277 g/mol. The predicted octanol–water partition coefficient (Wildman–Crippen LogP) is 0.968. The zero-order valence-corrected chi connectivity index (χ0v) is 11.4. The molecule has 20 heavy (non-hydrogen) atoms. The molecule has 2 N–H and O–H groups in total. The van der Waals surface area contributed by atoms with Gasteiger partial charge in [-0.05, 0) is 12.1 Å². The van der Waals surface area contributed by atoms with Crippen LogP contribution in [0.2, 0.25) is 0 Å². The fourth-order valence-corrected chi connectivity index (χ4v) is 1.84. The van der Waals surface area contributed by atoms with Crippen LogP contribution in [0.1, 0.15) is 16.1 Å². The summed E-state index contributed by atoms with van der Waals surface area (Å²) in [6.45, 7) is 0.412. The molecule has 0 fully saturated rings. The van der Waals surface area contributed by atoms with Gasteiger partial charge in [-0.2, -0.15) is 5.10 Å². The van der Waals surface area contributed by atoms with Crippen LogP contribution in [0.3, 0.4) is 0 Å². The van der Waals surface area contributed by atoms with Gasteiger partial charge in [0.05, 0.1) is 5.56 Å². The minimum Gasteiger partial charge on any atom is -0.371 e. The van der Waals surface area contributed by atoms with Gasteiger partial charge in [0.2, 0.25) is 0 Å². The number of carbonyl (C=O) groups is 1. The van der Waals surface area contributed by atoms with Crippen molar-refractivity contribution in [3.05, 3.63) is 41.6 Å². The van der Waals surface area contributed by atoms with Gasteiger partial charge < -0.3 is 10.6 Å². The number of carbonyl (C=O) groups excluding carboxylic acids is 1. The summed E-state index contributed by atoms with van der Waals surface area (Å²) >= 11 is 0. The number of hydrogen-bond acceptors (Lipinski definition) is 4. The lowest BCUT2D eigenvalue weighted by Gasteiger charge is -2.08. The molecule has 0 aliphatic carbocycles. The lowest BCUT2D eigenvalue weighted by atomic mass is 10.2. The molecule has 2 aromatic heterocycles. The maximum Gasteiger partial charge on any atom is 0.254 e. The van der Waals surface area contributed by atoms with Crippen molar-refractivity contribution in [3.63, 3.8) is 0 Å². The predicted molar refractivity (Wildman–Crippen MR) is 73.0 cm³/mol. The standard InChI is InChI=1S/C13H16FN5O/c1-15-12-11(14)10(5-7-16-12)13(20)17-6-3-9-4-8-18-19(9)2/h4-5,7-8H,3,6H2,1-2H3,(H,15,16)(H,17,20). The Bertz CT molecular complexity index is 611. The third-order valence-electron chi connectivity index (χ3n) is 2.96. The molecule has 0 bridgehead atoms. The molecule has 0 unspecified atom stereocenters. The van der Waals surface area contributed by atoms with E-state index in [0.29, 0.717) is 13.0 Å². The topological polar surface area (TPSA) is 71.8 Å². The molecular formula is C13H16FN5O. The van der Waals surface area contributed by atoms with Crippen molar-refractivity contribution in [1.82, 2.24) is 20.1 Å². The van der Waals surface area contributed by atoms with Gasteiger partial charge in [-0.25, -0.2) is 9.37 Å². The molecule has 2 heterocycles. The zero-order chi connectivity index (χ0) is 14.5. The third-order valence-corrected chi connectivity index (χ3v) is 2.96. The molecule has 0 aromatic carbocycles. The van der Waals surface area contributed by atoms with Gasteiger partial charge in [0.1, 0.15) is 0 Å². The molecule has 7 heteroatoms. The number of anilines is 1. The molecule has 0 aliphatic heterocycles. The zero-order valence-electron chi connectivity index (χ0n) is 11.4. The van der Waals surface area contributed by atoms with Crippen LogP contribution in [0.5, 0.6) is 0 Å². The number of halogens is 1. The fraction of sp³-hybridized carbons (Fsp3) is 0.308. The van der Waals surface area contributed by atoms with E-state index >= 15 is 0 Å². The van der Waals surface area contributed by atoms with E-state index in [1.807, 2.05) is 13.1 Å². The average molecular weight is 277 g/mol. The van der Waals surface area contributed by atoms with E-state index in [4.69, 9.17) is 0 Å². The van der Waals surface area contributed by atoms with E-state index in [1.165, 1.54) is 12.3 Å². The number of hydrogen-bond donors (Lipinski definition) is 2. The van der Waals surface area contributed by atoms with Crippen LogP contribution in [0.25, 0.3) is 0 Å². The highest BCUT2D eigenvalue weighted by molar-refractivity contribution is 5.95. The Morgan fingerprint density at radius 1 is 1.40 bits per heavy atom. The van der Waals surface area contributed by atoms with E-state index in [9.17, 15) is 9.18 Å². The third kappa shape index (κ3) is 2.93. The first-order chi connectivity index (χ1) is 9.63. The number of aromatic nitrogens is 3. The van der Waals surface area contributed by atoms with Gasteiger partial charge in [0.15, 0.2) is 11.6 Å². The number of nitrogens with zero attached hydrogens (tertiary/aromatic N) is 3. The van der Waals surface area contributed by atoms with Crippen LogP contribution in [0, 0.1) is 5.82 Å². The van der Waals surface area contributed by atoms with E-state index in [2.05, 4.69) is 20.7 Å². The summed E-state index contributed by atoms with van der Waals surface area (Å²) < 4.78 is 15.6. The molecule has 2 aromatic rings. The lowest BCUT2D eigenvalue weighted by molar-refractivity contribution is 0.0950. The maximum absolute atomic E-state index is 13.9. The molecule has 0 saturated carbocycles. The second kappa shape index (κ2) is 6.14. The van der Waals surface area contributed by atoms with E-state index in [0.717, 1.165) is 5.69 Å². The first-order valence-corrected chi connectivity index (χ1v) is 6.21. The van der Waals surface area contributed by atoms with Crippen molar-refractivity contribution in [1.29, 1.82) is 0 Å². The van der Waals surface area contributed by atoms with Gasteiger partial charge in [-0.15, -0.1) is 0 Å². The molecular weight excluding hydrogens is 261 g/mol. The Labute approximate surface area is 116 Å². The SMILES string of the molecule is CNc1nccc(C(=O)NCCc2ccnn2C)c1F. The summed E-state index contributed by atoms with van der Waals surface area (Å²) in [5.41, 5.74) is 0.978. The Morgan fingerprint density at radius 2 is 2.20 bits per heavy atom. The number of nitrogens with one attached hydrogen (secondary N) is 2. The largest absolute Gasteiger partial charge is 0.371 e. The smallest absolute Gasteiger partial charge is 0.254 e. The summed E-state index contributed by atoms with van der Waals surface area (Å²) in [6, 6.07) is 3.23. The molecule has 0 radical (unpaired) electrons. The number of aryl methyl sites for hydroxylation is 1. The lowest BCUT2D eigenvalue weighted by Crippen LogP contribution is -2.27. The molecule has 6 nitrogen and oxygen atoms in total. The number of amides is 1. The number of rotatable bonds is 5. The molecule has 0 atom stereocenters. The van der Waals surface area contributed by atoms with Crippen LogP contribution >= 0.6 is 0 Å². The Balaban J connectivity index is 1.97. The molecule has 0 aliphatic rings. The molecule has 1 amide bonds. The quantitative estimate of drug-likeness (QED) is 0.854. The van der Waals surface area contributed by atoms with Crippen LogP contribution in [-0.4, -0.2) is 34.3 Å². The normalized spacial score (nSPS) is 10.3. The minimum atomic E-state index is -0.645. The molecule has 0 saturated heterocycles.